The van der Waals surface area contributed by atoms with Gasteiger partial charge in [-0.2, -0.15) is 0 Å². The van der Waals surface area contributed by atoms with E-state index in [0.717, 1.165) is 43.4 Å². The molecule has 0 unspecified atom stereocenters. The minimum atomic E-state index is -0.212. The van der Waals surface area contributed by atoms with Gasteiger partial charge in [0.15, 0.2) is 0 Å². The summed E-state index contributed by atoms with van der Waals surface area (Å²) in [5.41, 5.74) is 0.733. The maximum Gasteiger partial charge on any atom is 0.337 e. The third-order valence-electron chi connectivity index (χ3n) is 2.54. The van der Waals surface area contributed by atoms with Crippen LogP contribution in [0.3, 0.4) is 0 Å². The van der Waals surface area contributed by atoms with Crippen molar-refractivity contribution < 1.29 is 14.3 Å². The Kier molecular flexibility index (Phi) is 5.68. The van der Waals surface area contributed by atoms with Gasteiger partial charge in [-0.05, 0) is 32.6 Å². The molecule has 0 aliphatic heterocycles. The van der Waals surface area contributed by atoms with Crippen LogP contribution in [0.25, 0.3) is 0 Å². The highest BCUT2D eigenvalue weighted by molar-refractivity contribution is 5.89. The number of esters is 1. The van der Waals surface area contributed by atoms with Crippen molar-refractivity contribution in [2.24, 2.45) is 0 Å². The van der Waals surface area contributed by atoms with Crippen molar-refractivity contribution in [3.63, 3.8) is 0 Å². The summed E-state index contributed by atoms with van der Waals surface area (Å²) in [7, 11) is 0. The van der Waals surface area contributed by atoms with E-state index < -0.39 is 0 Å². The quantitative estimate of drug-likeness (QED) is 0.395. The van der Waals surface area contributed by atoms with Crippen LogP contribution in [0.15, 0.2) is 24.0 Å². The molecule has 1 aliphatic rings. The molecule has 0 bridgehead atoms. The van der Waals surface area contributed by atoms with Crippen LogP contribution in [0.2, 0.25) is 0 Å². The summed E-state index contributed by atoms with van der Waals surface area (Å²) < 4.78 is 10.6. The highest BCUT2D eigenvalue weighted by atomic mass is 16.5. The van der Waals surface area contributed by atoms with Crippen molar-refractivity contribution >= 4 is 5.97 Å². The molecule has 3 nitrogen and oxygen atoms in total. The molecule has 0 N–H and O–H groups in total. The van der Waals surface area contributed by atoms with Crippen molar-refractivity contribution in [1.82, 2.24) is 0 Å². The molecule has 0 aromatic rings. The number of rotatable bonds is 6. The minimum Gasteiger partial charge on any atom is -0.497 e. The Hall–Kier alpha value is -1.25. The molecular weight excluding hydrogens is 204 g/mol. The van der Waals surface area contributed by atoms with E-state index in [9.17, 15) is 4.79 Å². The third kappa shape index (κ3) is 3.72. The Morgan fingerprint density at radius 1 is 1.44 bits per heavy atom. The number of carbonyl (C=O) groups excluding carboxylic acids is 1. The Balaban J connectivity index is 2.62. The second-order valence-corrected chi connectivity index (χ2v) is 3.76. The molecule has 0 amide bonds. The van der Waals surface area contributed by atoms with E-state index in [-0.39, 0.29) is 5.97 Å². The van der Waals surface area contributed by atoms with Crippen LogP contribution in [-0.2, 0) is 14.3 Å². The van der Waals surface area contributed by atoms with Crippen LogP contribution in [0.5, 0.6) is 0 Å². The lowest BCUT2D eigenvalue weighted by Gasteiger charge is -2.19. The maximum absolute atomic E-state index is 11.7. The van der Waals surface area contributed by atoms with Crippen molar-refractivity contribution in [2.75, 3.05) is 13.2 Å². The predicted molar refractivity (Wildman–Crippen MR) is 62.9 cm³/mol. The second-order valence-electron chi connectivity index (χ2n) is 3.76. The van der Waals surface area contributed by atoms with Gasteiger partial charge in [-0.25, -0.2) is 4.79 Å². The van der Waals surface area contributed by atoms with E-state index in [2.05, 4.69) is 6.58 Å². The second kappa shape index (κ2) is 7.09. The van der Waals surface area contributed by atoms with E-state index in [1.54, 1.807) is 0 Å². The van der Waals surface area contributed by atoms with Gasteiger partial charge in [0.25, 0.3) is 0 Å². The lowest BCUT2D eigenvalue weighted by atomic mass is 9.98. The summed E-state index contributed by atoms with van der Waals surface area (Å²) in [4.78, 5) is 11.7. The van der Waals surface area contributed by atoms with Crippen LogP contribution >= 0.6 is 0 Å². The van der Waals surface area contributed by atoms with Crippen molar-refractivity contribution in [2.45, 2.75) is 39.0 Å². The van der Waals surface area contributed by atoms with Crippen LogP contribution < -0.4 is 0 Å². The lowest BCUT2D eigenvalue weighted by Crippen LogP contribution is -2.15. The molecule has 3 heteroatoms. The first-order valence-electron chi connectivity index (χ1n) is 5.92. The van der Waals surface area contributed by atoms with Gasteiger partial charge in [-0.15, -0.1) is 6.58 Å². The maximum atomic E-state index is 11.7. The van der Waals surface area contributed by atoms with Crippen molar-refractivity contribution in [3.8, 4) is 0 Å². The number of hydrogen-bond donors (Lipinski definition) is 0. The summed E-state index contributed by atoms with van der Waals surface area (Å²) in [6.07, 6.45) is 6.38. The van der Waals surface area contributed by atoms with E-state index in [1.807, 2.05) is 13.0 Å². The molecule has 0 atom stereocenters. The molecule has 0 saturated heterocycles. The van der Waals surface area contributed by atoms with Crippen molar-refractivity contribution in [3.05, 3.63) is 24.0 Å². The molecule has 1 rings (SSSR count). The molecule has 0 fully saturated rings. The van der Waals surface area contributed by atoms with Gasteiger partial charge < -0.3 is 9.47 Å². The molecule has 16 heavy (non-hydrogen) atoms. The Bertz CT molecular complexity index is 279. The summed E-state index contributed by atoms with van der Waals surface area (Å²) in [6.45, 7) is 6.48. The molecule has 0 aromatic carbocycles. The fourth-order valence-electron chi connectivity index (χ4n) is 1.74. The summed E-state index contributed by atoms with van der Waals surface area (Å²) in [5.74, 6) is 0.613. The summed E-state index contributed by atoms with van der Waals surface area (Å²) in [5, 5.41) is 0. The number of hydrogen-bond acceptors (Lipinski definition) is 3. The lowest BCUT2D eigenvalue weighted by molar-refractivity contribution is -0.139. The molecule has 0 radical (unpaired) electrons. The zero-order valence-corrected chi connectivity index (χ0v) is 9.96. The molecule has 0 heterocycles. The molecule has 0 saturated carbocycles. The number of ether oxygens (including phenoxy) is 2. The van der Waals surface area contributed by atoms with Gasteiger partial charge >= 0.3 is 5.97 Å². The number of carbonyl (C=O) groups is 1. The smallest absolute Gasteiger partial charge is 0.337 e. The van der Waals surface area contributed by atoms with Crippen LogP contribution in [-0.4, -0.2) is 19.2 Å². The van der Waals surface area contributed by atoms with E-state index in [4.69, 9.17) is 9.47 Å². The molecule has 90 valence electrons. The van der Waals surface area contributed by atoms with Crippen LogP contribution in [0.1, 0.15) is 39.0 Å². The van der Waals surface area contributed by atoms with Gasteiger partial charge in [0.1, 0.15) is 5.76 Å². The number of allylic oxidation sites excluding steroid dienone is 1. The average molecular weight is 224 g/mol. The Morgan fingerprint density at radius 3 is 2.88 bits per heavy atom. The van der Waals surface area contributed by atoms with Gasteiger partial charge in [-0.3, -0.25) is 0 Å². The minimum absolute atomic E-state index is 0.212. The van der Waals surface area contributed by atoms with E-state index >= 15 is 0 Å². The molecular formula is C13H20O3. The van der Waals surface area contributed by atoms with Crippen molar-refractivity contribution in [1.29, 1.82) is 0 Å². The first-order valence-corrected chi connectivity index (χ1v) is 5.92. The zero-order chi connectivity index (χ0) is 11.8. The van der Waals surface area contributed by atoms with Crippen LogP contribution in [0.4, 0.5) is 0 Å². The largest absolute Gasteiger partial charge is 0.497 e. The van der Waals surface area contributed by atoms with Crippen LogP contribution in [0, 0.1) is 0 Å². The SMILES string of the molecule is C=CCCOC1=C(C(=O)OCC)CCCC1. The highest BCUT2D eigenvalue weighted by Crippen LogP contribution is 2.26. The van der Waals surface area contributed by atoms with Gasteiger partial charge in [0.2, 0.25) is 0 Å². The highest BCUT2D eigenvalue weighted by Gasteiger charge is 2.21. The normalized spacial score (nSPS) is 15.8. The fourth-order valence-corrected chi connectivity index (χ4v) is 1.74. The predicted octanol–water partition coefficient (Wildman–Crippen LogP) is 2.97. The Labute approximate surface area is 97.1 Å². The third-order valence-corrected chi connectivity index (χ3v) is 2.54. The topological polar surface area (TPSA) is 35.5 Å². The average Bonchev–Trinajstić information content (AvgIpc) is 2.30. The summed E-state index contributed by atoms with van der Waals surface area (Å²) in [6, 6.07) is 0. The van der Waals surface area contributed by atoms with Gasteiger partial charge in [0, 0.05) is 6.42 Å². The monoisotopic (exact) mass is 224 g/mol. The van der Waals surface area contributed by atoms with E-state index in [1.165, 1.54) is 0 Å². The first kappa shape index (κ1) is 12.8. The molecule has 0 spiro atoms. The summed E-state index contributed by atoms with van der Waals surface area (Å²) >= 11 is 0. The van der Waals surface area contributed by atoms with Gasteiger partial charge in [-0.1, -0.05) is 6.08 Å². The zero-order valence-electron chi connectivity index (χ0n) is 9.96. The first-order chi connectivity index (χ1) is 7.79. The standard InChI is InChI=1S/C13H20O3/c1-3-5-10-16-12-9-7-6-8-11(12)13(14)15-4-2/h3H,1,4-10H2,2H3. The molecule has 0 aromatic heterocycles. The van der Waals surface area contributed by atoms with E-state index in [0.29, 0.717) is 13.2 Å². The fraction of sp³-hybridized carbons (Fsp3) is 0.615. The molecule has 1 aliphatic carbocycles. The Morgan fingerprint density at radius 2 is 2.19 bits per heavy atom. The van der Waals surface area contributed by atoms with Gasteiger partial charge in [0.05, 0.1) is 18.8 Å².